The van der Waals surface area contributed by atoms with Crippen LogP contribution in [0.15, 0.2) is 48.5 Å². The highest BCUT2D eigenvalue weighted by molar-refractivity contribution is 6.04. The van der Waals surface area contributed by atoms with Crippen LogP contribution in [0.4, 0.5) is 0 Å². The van der Waals surface area contributed by atoms with Gasteiger partial charge in [-0.2, -0.15) is 0 Å². The molecule has 0 saturated carbocycles. The highest BCUT2D eigenvalue weighted by Gasteiger charge is 2.49. The Morgan fingerprint density at radius 3 is 2.70 bits per heavy atom. The van der Waals surface area contributed by atoms with Crippen molar-refractivity contribution < 1.29 is 19.1 Å². The fourth-order valence-corrected chi connectivity index (χ4v) is 6.05. The average Bonchev–Trinajstić information content (AvgIpc) is 3.62. The summed E-state index contributed by atoms with van der Waals surface area (Å²) in [5, 5.41) is 7.01. The lowest BCUT2D eigenvalue weighted by molar-refractivity contribution is -0.133. The van der Waals surface area contributed by atoms with Crippen molar-refractivity contribution in [2.24, 2.45) is 5.92 Å². The minimum absolute atomic E-state index is 0.0209. The predicted octanol–water partition coefficient (Wildman–Crippen LogP) is 3.07. The molecule has 4 atom stereocenters. The second-order valence-electron chi connectivity index (χ2n) is 10.6. The van der Waals surface area contributed by atoms with Gasteiger partial charge in [-0.15, -0.1) is 0 Å². The minimum Gasteiger partial charge on any atom is -0.376 e. The molecule has 3 aromatic rings. The van der Waals surface area contributed by atoms with Gasteiger partial charge in [0.25, 0.3) is 5.91 Å². The number of benzene rings is 2. The van der Waals surface area contributed by atoms with E-state index in [4.69, 9.17) is 4.74 Å². The van der Waals surface area contributed by atoms with Gasteiger partial charge in [-0.05, 0) is 42.0 Å². The molecule has 3 aliphatic rings. The Morgan fingerprint density at radius 1 is 1.14 bits per heavy atom. The summed E-state index contributed by atoms with van der Waals surface area (Å²) in [6, 6.07) is 13.8. The Hall–Kier alpha value is -3.65. The summed E-state index contributed by atoms with van der Waals surface area (Å²) in [6.07, 6.45) is 2.32. The number of fused-ring (bicyclic) bond motifs is 7. The van der Waals surface area contributed by atoms with E-state index in [1.54, 1.807) is 4.90 Å². The summed E-state index contributed by atoms with van der Waals surface area (Å²) in [7, 11) is 0. The van der Waals surface area contributed by atoms with Crippen LogP contribution in [0.2, 0.25) is 0 Å². The number of aromatic nitrogens is 1. The van der Waals surface area contributed by atoms with E-state index >= 15 is 0 Å². The molecule has 4 heterocycles. The van der Waals surface area contributed by atoms with Crippen molar-refractivity contribution in [1.82, 2.24) is 20.5 Å². The molecule has 192 valence electrons. The first-order valence-electron chi connectivity index (χ1n) is 13.1. The van der Waals surface area contributed by atoms with Gasteiger partial charge < -0.3 is 25.3 Å². The molecule has 1 fully saturated rings. The molecule has 8 heteroatoms. The van der Waals surface area contributed by atoms with Gasteiger partial charge in [0.2, 0.25) is 11.8 Å². The summed E-state index contributed by atoms with van der Waals surface area (Å²) in [6.45, 7) is 4.97. The Bertz CT molecular complexity index is 1370. The van der Waals surface area contributed by atoms with Crippen LogP contribution in [-0.4, -0.2) is 58.9 Å². The molecule has 6 rings (SSSR count). The Kier molecular flexibility index (Phi) is 5.99. The van der Waals surface area contributed by atoms with E-state index in [0.29, 0.717) is 18.5 Å². The summed E-state index contributed by atoms with van der Waals surface area (Å²) in [5.74, 6) is -0.819. The second kappa shape index (κ2) is 9.34. The van der Waals surface area contributed by atoms with E-state index in [1.807, 2.05) is 62.4 Å². The molecular formula is C29H32N4O4. The zero-order chi connectivity index (χ0) is 25.7. The van der Waals surface area contributed by atoms with Gasteiger partial charge in [0.1, 0.15) is 12.1 Å². The fourth-order valence-electron chi connectivity index (χ4n) is 6.05. The summed E-state index contributed by atoms with van der Waals surface area (Å²) in [4.78, 5) is 45.8. The average molecular weight is 501 g/mol. The summed E-state index contributed by atoms with van der Waals surface area (Å²) >= 11 is 0. The predicted molar refractivity (Wildman–Crippen MR) is 139 cm³/mol. The second-order valence-corrected chi connectivity index (χ2v) is 10.6. The standard InChI is InChI=1S/C29H32N4O4/c1-16(2)24(28(35)30-15-17-8-7-13-37-17)32-27(34)23-14-21-18-9-5-6-12-22(18)31-25(21)26-19-10-3-4-11-20(19)29(36)33(23)26/h3-6,9-12,16-17,23-24,26,31H,7-8,13-15H2,1-2H3,(H,30,35)(H,32,34)/t17?,23-,24-,26?/m0/s1. The quantitative estimate of drug-likeness (QED) is 0.484. The molecular weight excluding hydrogens is 468 g/mol. The molecule has 8 nitrogen and oxygen atoms in total. The highest BCUT2D eigenvalue weighted by Crippen LogP contribution is 2.46. The number of rotatable bonds is 6. The van der Waals surface area contributed by atoms with Crippen molar-refractivity contribution in [2.45, 2.75) is 57.3 Å². The molecule has 3 aliphatic heterocycles. The smallest absolute Gasteiger partial charge is 0.255 e. The lowest BCUT2D eigenvalue weighted by Gasteiger charge is -2.38. The van der Waals surface area contributed by atoms with Crippen molar-refractivity contribution >= 4 is 28.6 Å². The number of hydrogen-bond donors (Lipinski definition) is 3. The Morgan fingerprint density at radius 2 is 1.92 bits per heavy atom. The number of carbonyl (C=O) groups excluding carboxylic acids is 3. The lowest BCUT2D eigenvalue weighted by atomic mass is 9.89. The summed E-state index contributed by atoms with van der Waals surface area (Å²) < 4.78 is 5.62. The normalized spacial score (nSPS) is 23.1. The number of nitrogens with one attached hydrogen (secondary N) is 3. The first-order valence-corrected chi connectivity index (χ1v) is 13.1. The fraction of sp³-hybridized carbons (Fsp3) is 0.414. The molecule has 1 aromatic heterocycles. The van der Waals surface area contributed by atoms with Crippen molar-refractivity contribution in [1.29, 1.82) is 0 Å². The molecule has 2 aromatic carbocycles. The monoisotopic (exact) mass is 500 g/mol. The van der Waals surface area contributed by atoms with Crippen LogP contribution >= 0.6 is 0 Å². The van der Waals surface area contributed by atoms with E-state index in [9.17, 15) is 14.4 Å². The van der Waals surface area contributed by atoms with Crippen LogP contribution in [-0.2, 0) is 20.7 Å². The SMILES string of the molecule is CC(C)[C@H](NC(=O)[C@@H]1Cc2c([nH]c3ccccc23)C2c3ccccc3C(=O)N21)C(=O)NCC1CCCO1. The highest BCUT2D eigenvalue weighted by atomic mass is 16.5. The number of nitrogens with zero attached hydrogens (tertiary/aromatic N) is 1. The van der Waals surface area contributed by atoms with Gasteiger partial charge in [0.05, 0.1) is 12.1 Å². The largest absolute Gasteiger partial charge is 0.376 e. The molecule has 3 N–H and O–H groups in total. The lowest BCUT2D eigenvalue weighted by Crippen LogP contribution is -2.58. The third kappa shape index (κ3) is 4.00. The topological polar surface area (TPSA) is 104 Å². The number of ether oxygens (including phenoxy) is 1. The number of H-pyrrole nitrogens is 1. The molecule has 0 aliphatic carbocycles. The summed E-state index contributed by atoms with van der Waals surface area (Å²) in [5.41, 5.74) is 4.50. The van der Waals surface area contributed by atoms with Crippen LogP contribution < -0.4 is 10.6 Å². The van der Waals surface area contributed by atoms with Gasteiger partial charge in [-0.1, -0.05) is 50.2 Å². The Balaban J connectivity index is 1.31. The molecule has 0 bridgehead atoms. The maximum Gasteiger partial charge on any atom is 0.255 e. The molecule has 0 spiro atoms. The van der Waals surface area contributed by atoms with Crippen molar-refractivity contribution in [3.8, 4) is 0 Å². The van der Waals surface area contributed by atoms with Crippen LogP contribution in [0.5, 0.6) is 0 Å². The number of hydrogen-bond acceptors (Lipinski definition) is 4. The Labute approximate surface area is 215 Å². The van der Waals surface area contributed by atoms with E-state index in [-0.39, 0.29) is 35.8 Å². The van der Waals surface area contributed by atoms with E-state index in [1.165, 1.54) is 0 Å². The molecule has 1 saturated heterocycles. The first kappa shape index (κ1) is 23.7. The molecule has 37 heavy (non-hydrogen) atoms. The van der Waals surface area contributed by atoms with Gasteiger partial charge >= 0.3 is 0 Å². The molecule has 2 unspecified atom stereocenters. The third-order valence-electron chi connectivity index (χ3n) is 7.93. The van der Waals surface area contributed by atoms with Gasteiger partial charge in [0.15, 0.2) is 0 Å². The van der Waals surface area contributed by atoms with Gasteiger partial charge in [-0.25, -0.2) is 0 Å². The van der Waals surface area contributed by atoms with Crippen molar-refractivity contribution in [2.75, 3.05) is 13.2 Å². The zero-order valence-electron chi connectivity index (χ0n) is 21.1. The van der Waals surface area contributed by atoms with E-state index < -0.39 is 12.1 Å². The van der Waals surface area contributed by atoms with Crippen molar-refractivity contribution in [3.63, 3.8) is 0 Å². The molecule has 0 radical (unpaired) electrons. The van der Waals surface area contributed by atoms with Crippen LogP contribution in [0.3, 0.4) is 0 Å². The number of amides is 3. The number of aromatic amines is 1. The minimum atomic E-state index is -0.733. The van der Waals surface area contributed by atoms with Crippen LogP contribution in [0.1, 0.15) is 59.9 Å². The number of carbonyl (C=O) groups is 3. The maximum atomic E-state index is 13.9. The first-order chi connectivity index (χ1) is 17.9. The maximum absolute atomic E-state index is 13.9. The van der Waals surface area contributed by atoms with E-state index in [0.717, 1.165) is 47.2 Å². The van der Waals surface area contributed by atoms with Gasteiger partial charge in [-0.3, -0.25) is 14.4 Å². The van der Waals surface area contributed by atoms with Gasteiger partial charge in [0, 0.05) is 41.7 Å². The van der Waals surface area contributed by atoms with Crippen molar-refractivity contribution in [3.05, 3.63) is 70.9 Å². The zero-order valence-corrected chi connectivity index (χ0v) is 21.1. The van der Waals surface area contributed by atoms with Crippen LogP contribution in [0.25, 0.3) is 10.9 Å². The van der Waals surface area contributed by atoms with E-state index in [2.05, 4.69) is 15.6 Å². The molecule has 3 amide bonds. The van der Waals surface area contributed by atoms with Crippen LogP contribution in [0, 0.1) is 5.92 Å². The third-order valence-corrected chi connectivity index (χ3v) is 7.93. The number of para-hydroxylation sites is 1.